The molecule has 0 radical (unpaired) electrons. The Morgan fingerprint density at radius 2 is 2.00 bits per heavy atom. The van der Waals surface area contributed by atoms with Crippen LogP contribution in [0, 0.1) is 16.0 Å². The molecule has 3 rings (SSSR count). The molecule has 1 saturated heterocycles. The second-order valence-electron chi connectivity index (χ2n) is 10.5. The van der Waals surface area contributed by atoms with E-state index in [1.54, 1.807) is 31.0 Å². The van der Waals surface area contributed by atoms with Crippen molar-refractivity contribution < 1.29 is 23.7 Å². The van der Waals surface area contributed by atoms with Gasteiger partial charge in [0.25, 0.3) is 11.6 Å². The number of hydrogen-bond acceptors (Lipinski definition) is 5. The Bertz CT molecular complexity index is 1050. The van der Waals surface area contributed by atoms with Gasteiger partial charge in [0, 0.05) is 42.3 Å². The summed E-state index contributed by atoms with van der Waals surface area (Å²) < 4.78 is 21.9. The highest BCUT2D eigenvalue weighted by Crippen LogP contribution is 2.60. The lowest BCUT2D eigenvalue weighted by Gasteiger charge is -2.31. The average molecular weight is 505 g/mol. The average Bonchev–Trinajstić information content (AvgIpc) is 3.18. The zero-order valence-electron chi connectivity index (χ0n) is 21.5. The van der Waals surface area contributed by atoms with Crippen molar-refractivity contribution in [3.05, 3.63) is 57.2 Å². The SMILES string of the molecule is CC(C)=CCC/C(C)=C/CN1C(=O)[C@]2(O[C@H](CCO)[C@@H]([Si](C)(C)F)[C@@H]2C)c2cc([N+](=O)[O-])ccc21. The van der Waals surface area contributed by atoms with Gasteiger partial charge in [0.1, 0.15) is 0 Å². The van der Waals surface area contributed by atoms with Gasteiger partial charge in [-0.3, -0.25) is 14.9 Å². The molecule has 0 aliphatic carbocycles. The molecule has 2 aliphatic rings. The number of halogens is 1. The first kappa shape index (κ1) is 27.2. The summed E-state index contributed by atoms with van der Waals surface area (Å²) in [6, 6.07) is 4.38. The second-order valence-corrected chi connectivity index (χ2v) is 14.3. The lowest BCUT2D eigenvalue weighted by atomic mass is 9.82. The highest BCUT2D eigenvalue weighted by atomic mass is 28.4. The summed E-state index contributed by atoms with van der Waals surface area (Å²) in [5.41, 5.74) is 1.18. The molecule has 1 aromatic carbocycles. The van der Waals surface area contributed by atoms with Gasteiger partial charge in [-0.1, -0.05) is 30.2 Å². The smallest absolute Gasteiger partial charge is 0.269 e. The molecule has 2 aliphatic heterocycles. The number of aliphatic hydroxyl groups is 1. The second kappa shape index (κ2) is 10.3. The van der Waals surface area contributed by atoms with Crippen LogP contribution >= 0.6 is 0 Å². The van der Waals surface area contributed by atoms with Crippen LogP contribution in [0.3, 0.4) is 0 Å². The molecule has 1 N–H and O–H groups in total. The molecule has 0 unspecified atom stereocenters. The summed E-state index contributed by atoms with van der Waals surface area (Å²) in [5.74, 6) is -0.857. The number of allylic oxidation sites excluding steroid dienone is 3. The molecule has 0 bridgehead atoms. The van der Waals surface area contributed by atoms with Gasteiger partial charge in [-0.05, 0) is 59.2 Å². The standard InChI is InChI=1S/C26H37FN2O5Si/c1-17(2)8-7-9-18(3)12-14-28-22-11-10-20(29(32)33)16-21(22)26(25(28)31)19(4)24(35(5,6)27)23(34-26)13-15-30/h8,10-12,16,19,23-24,30H,7,9,13-15H2,1-6H3/b18-12+/t19-,23+,24-,26+/m0/s1. The summed E-state index contributed by atoms with van der Waals surface area (Å²) in [6.45, 7) is 11.2. The first-order chi connectivity index (χ1) is 16.3. The summed E-state index contributed by atoms with van der Waals surface area (Å²) in [5, 5.41) is 21.2. The molecule has 1 aromatic rings. The van der Waals surface area contributed by atoms with E-state index < -0.39 is 36.5 Å². The highest BCUT2D eigenvalue weighted by molar-refractivity contribution is 6.72. The fraction of sp³-hybridized carbons (Fsp3) is 0.577. The Hall–Kier alpha value is -2.36. The summed E-state index contributed by atoms with van der Waals surface area (Å²) in [4.78, 5) is 26.7. The Labute approximate surface area is 208 Å². The Kier molecular flexibility index (Phi) is 8.03. The van der Waals surface area contributed by atoms with Crippen molar-refractivity contribution in [1.82, 2.24) is 0 Å². The number of hydrogen-bond donors (Lipinski definition) is 1. The number of carbonyl (C=O) groups is 1. The molecule has 1 amide bonds. The third kappa shape index (κ3) is 5.12. The fourth-order valence-corrected chi connectivity index (χ4v) is 8.21. The first-order valence-corrected chi connectivity index (χ1v) is 15.2. The number of ether oxygens (including phenoxy) is 1. The van der Waals surface area contributed by atoms with Crippen molar-refractivity contribution in [2.75, 3.05) is 18.1 Å². The van der Waals surface area contributed by atoms with Gasteiger partial charge < -0.3 is 18.9 Å². The van der Waals surface area contributed by atoms with Crippen LogP contribution in [-0.4, -0.2) is 43.6 Å². The van der Waals surface area contributed by atoms with Crippen molar-refractivity contribution >= 4 is 25.7 Å². The predicted octanol–water partition coefficient (Wildman–Crippen LogP) is 5.79. The van der Waals surface area contributed by atoms with Crippen molar-refractivity contribution in [3.63, 3.8) is 0 Å². The van der Waals surface area contributed by atoms with E-state index in [1.165, 1.54) is 17.7 Å². The number of anilines is 1. The minimum Gasteiger partial charge on any atom is -0.396 e. The number of rotatable bonds is 9. The van der Waals surface area contributed by atoms with Crippen LogP contribution in [0.5, 0.6) is 0 Å². The van der Waals surface area contributed by atoms with Gasteiger partial charge in [-0.15, -0.1) is 0 Å². The molecular weight excluding hydrogens is 467 g/mol. The minimum absolute atomic E-state index is 0.138. The molecule has 192 valence electrons. The van der Waals surface area contributed by atoms with Gasteiger partial charge in [-0.25, -0.2) is 0 Å². The van der Waals surface area contributed by atoms with E-state index in [1.807, 2.05) is 13.0 Å². The van der Waals surface area contributed by atoms with Crippen LogP contribution in [0.2, 0.25) is 18.6 Å². The zero-order chi connectivity index (χ0) is 26.1. The molecule has 9 heteroatoms. The topological polar surface area (TPSA) is 92.9 Å². The number of benzene rings is 1. The number of nitrogens with zero attached hydrogens (tertiary/aromatic N) is 2. The maximum atomic E-state index is 15.5. The summed E-state index contributed by atoms with van der Waals surface area (Å²) >= 11 is 0. The van der Waals surface area contributed by atoms with Crippen molar-refractivity contribution in [2.24, 2.45) is 5.92 Å². The van der Waals surface area contributed by atoms with Gasteiger partial charge in [-0.2, -0.15) is 0 Å². The predicted molar refractivity (Wildman–Crippen MR) is 138 cm³/mol. The van der Waals surface area contributed by atoms with Crippen LogP contribution in [0.1, 0.15) is 52.5 Å². The number of nitro benzene ring substituents is 1. The Morgan fingerprint density at radius 3 is 2.57 bits per heavy atom. The number of amides is 1. The van der Waals surface area contributed by atoms with Gasteiger partial charge in [0.15, 0.2) is 5.60 Å². The normalized spacial score (nSPS) is 26.4. The molecule has 35 heavy (non-hydrogen) atoms. The molecule has 2 heterocycles. The van der Waals surface area contributed by atoms with Gasteiger partial charge >= 0.3 is 0 Å². The van der Waals surface area contributed by atoms with E-state index in [4.69, 9.17) is 4.74 Å². The van der Waals surface area contributed by atoms with Crippen molar-refractivity contribution in [2.45, 2.75) is 77.3 Å². The van der Waals surface area contributed by atoms with Gasteiger partial charge in [0.05, 0.1) is 16.7 Å². The summed E-state index contributed by atoms with van der Waals surface area (Å²) in [6.07, 6.45) is 5.50. The lowest BCUT2D eigenvalue weighted by Crippen LogP contribution is -2.45. The third-order valence-electron chi connectivity index (χ3n) is 7.28. The van der Waals surface area contributed by atoms with E-state index in [0.717, 1.165) is 18.4 Å². The van der Waals surface area contributed by atoms with Crippen LogP contribution in [-0.2, 0) is 15.1 Å². The number of nitro groups is 1. The first-order valence-electron chi connectivity index (χ1n) is 12.2. The summed E-state index contributed by atoms with van der Waals surface area (Å²) in [7, 11) is -3.31. The minimum atomic E-state index is -3.31. The van der Waals surface area contributed by atoms with Crippen molar-refractivity contribution in [1.29, 1.82) is 0 Å². The van der Waals surface area contributed by atoms with E-state index in [0.29, 0.717) is 17.8 Å². The van der Waals surface area contributed by atoms with E-state index in [9.17, 15) is 20.0 Å². The number of fused-ring (bicyclic) bond motifs is 2. The molecular formula is C26H37FN2O5Si. The van der Waals surface area contributed by atoms with Crippen LogP contribution in [0.25, 0.3) is 0 Å². The maximum absolute atomic E-state index is 15.5. The zero-order valence-corrected chi connectivity index (χ0v) is 22.5. The third-order valence-corrected chi connectivity index (χ3v) is 9.74. The number of carbonyl (C=O) groups excluding carboxylic acids is 1. The number of non-ortho nitro benzene ring substituents is 1. The fourth-order valence-electron chi connectivity index (χ4n) is 5.66. The largest absolute Gasteiger partial charge is 0.396 e. The molecule has 0 aromatic heterocycles. The molecule has 1 spiro atoms. The highest BCUT2D eigenvalue weighted by Gasteiger charge is 2.66. The Morgan fingerprint density at radius 1 is 1.31 bits per heavy atom. The molecule has 0 saturated carbocycles. The monoisotopic (exact) mass is 504 g/mol. The van der Waals surface area contributed by atoms with Crippen LogP contribution in [0.4, 0.5) is 15.5 Å². The van der Waals surface area contributed by atoms with E-state index in [-0.39, 0.29) is 24.6 Å². The molecule has 4 atom stereocenters. The molecule has 7 nitrogen and oxygen atoms in total. The number of aliphatic hydroxyl groups excluding tert-OH is 1. The van der Waals surface area contributed by atoms with Crippen LogP contribution in [0.15, 0.2) is 41.5 Å². The quantitative estimate of drug-likeness (QED) is 0.151. The Balaban J connectivity index is 2.06. The van der Waals surface area contributed by atoms with Crippen molar-refractivity contribution in [3.8, 4) is 0 Å². The maximum Gasteiger partial charge on any atom is 0.269 e. The molecule has 1 fully saturated rings. The van der Waals surface area contributed by atoms with Crippen LogP contribution < -0.4 is 4.90 Å². The van der Waals surface area contributed by atoms with E-state index in [2.05, 4.69) is 19.9 Å². The van der Waals surface area contributed by atoms with E-state index >= 15 is 4.11 Å². The lowest BCUT2D eigenvalue weighted by molar-refractivity contribution is -0.385. The van der Waals surface area contributed by atoms with Gasteiger partial charge in [0.2, 0.25) is 8.41 Å².